The number of carbonyl (C=O) groups excluding carboxylic acids is 1. The topological polar surface area (TPSA) is 61.8 Å². The number of rotatable bonds is 10. The molecule has 0 aliphatic heterocycles. The van der Waals surface area contributed by atoms with Gasteiger partial charge in [-0.1, -0.05) is 6.07 Å². The zero-order valence-electron chi connectivity index (χ0n) is 16.7. The minimum absolute atomic E-state index is 0.0101. The number of alkyl halides is 2. The van der Waals surface area contributed by atoms with Crippen molar-refractivity contribution in [3.05, 3.63) is 29.3 Å². The predicted octanol–water partition coefficient (Wildman–Crippen LogP) is 4.10. The molecule has 0 fully saturated rings. The van der Waals surface area contributed by atoms with E-state index >= 15 is 0 Å². The molecule has 0 spiro atoms. The third kappa shape index (κ3) is 9.04. The van der Waals surface area contributed by atoms with Crippen molar-refractivity contribution in [3.63, 3.8) is 0 Å². The summed E-state index contributed by atoms with van der Waals surface area (Å²) in [5.74, 6) is 1.04. The minimum Gasteiger partial charge on any atom is -0.444 e. The highest BCUT2D eigenvalue weighted by molar-refractivity contribution is 6.18. The molecule has 0 radical (unpaired) electrons. The maximum absolute atomic E-state index is 12.1. The Kier molecular flexibility index (Phi) is 10.3. The van der Waals surface area contributed by atoms with E-state index < -0.39 is 11.7 Å². The van der Waals surface area contributed by atoms with Gasteiger partial charge in [-0.15, -0.1) is 23.2 Å². The predicted molar refractivity (Wildman–Crippen MR) is 113 cm³/mol. The first kappa shape index (κ1) is 23.9. The maximum Gasteiger partial charge on any atom is 0.407 e. The molecule has 0 unspecified atom stereocenters. The maximum atomic E-state index is 12.1. The van der Waals surface area contributed by atoms with E-state index in [-0.39, 0.29) is 12.6 Å². The molecule has 1 aromatic carbocycles. The summed E-state index contributed by atoms with van der Waals surface area (Å²) in [5, 5.41) is 12.3. The molecule has 0 saturated carbocycles. The molecule has 5 nitrogen and oxygen atoms in total. The zero-order chi connectivity index (χ0) is 20.4. The van der Waals surface area contributed by atoms with Crippen LogP contribution in [0.3, 0.4) is 0 Å². The smallest absolute Gasteiger partial charge is 0.407 e. The van der Waals surface area contributed by atoms with E-state index in [0.29, 0.717) is 37.7 Å². The Balaban J connectivity index is 2.94. The van der Waals surface area contributed by atoms with Crippen LogP contribution in [-0.2, 0) is 11.2 Å². The van der Waals surface area contributed by atoms with Crippen LogP contribution in [0.1, 0.15) is 38.3 Å². The lowest BCUT2D eigenvalue weighted by atomic mass is 9.98. The van der Waals surface area contributed by atoms with Crippen LogP contribution in [0.15, 0.2) is 18.2 Å². The summed E-state index contributed by atoms with van der Waals surface area (Å²) in [7, 11) is 0. The molecule has 0 aliphatic rings. The number of hydrogen-bond donors (Lipinski definition) is 2. The molecule has 0 aromatic heterocycles. The van der Waals surface area contributed by atoms with Gasteiger partial charge in [-0.25, -0.2) is 4.79 Å². The average Bonchev–Trinajstić information content (AvgIpc) is 2.55. The van der Waals surface area contributed by atoms with Gasteiger partial charge in [-0.3, -0.25) is 0 Å². The van der Waals surface area contributed by atoms with Gasteiger partial charge in [0.2, 0.25) is 0 Å². The molecule has 0 aliphatic carbocycles. The number of nitrogens with zero attached hydrogens (tertiary/aromatic N) is 1. The molecule has 1 amide bonds. The fraction of sp³-hybridized carbons (Fsp3) is 0.650. The van der Waals surface area contributed by atoms with E-state index in [1.54, 1.807) is 0 Å². The van der Waals surface area contributed by atoms with Crippen LogP contribution in [0.5, 0.6) is 0 Å². The highest BCUT2D eigenvalue weighted by Gasteiger charge is 2.20. The first-order valence-corrected chi connectivity index (χ1v) is 10.3. The number of benzene rings is 1. The van der Waals surface area contributed by atoms with Gasteiger partial charge in [-0.05, 0) is 63.8 Å². The van der Waals surface area contributed by atoms with Crippen molar-refractivity contribution < 1.29 is 14.6 Å². The minimum atomic E-state index is -0.562. The second-order valence-corrected chi connectivity index (χ2v) is 8.29. The number of hydrogen-bond acceptors (Lipinski definition) is 4. The number of aliphatic hydroxyl groups excluding tert-OH is 1. The first-order chi connectivity index (χ1) is 12.7. The molecule has 0 bridgehead atoms. The van der Waals surface area contributed by atoms with E-state index in [1.165, 1.54) is 0 Å². The van der Waals surface area contributed by atoms with Crippen molar-refractivity contribution in [2.45, 2.75) is 52.2 Å². The molecular weight excluding hydrogens is 387 g/mol. The molecule has 1 atom stereocenters. The molecule has 7 heteroatoms. The number of alkyl carbamates (subject to hydrolysis) is 1. The molecule has 0 heterocycles. The van der Waals surface area contributed by atoms with Gasteiger partial charge >= 0.3 is 6.09 Å². The summed E-state index contributed by atoms with van der Waals surface area (Å²) >= 11 is 11.8. The van der Waals surface area contributed by atoms with Crippen LogP contribution in [-0.4, -0.2) is 54.3 Å². The summed E-state index contributed by atoms with van der Waals surface area (Å²) < 4.78 is 5.34. The second-order valence-electron chi connectivity index (χ2n) is 7.54. The molecule has 0 saturated heterocycles. The Morgan fingerprint density at radius 3 is 2.41 bits per heavy atom. The molecular formula is C20H32Cl2N2O3. The Bertz CT molecular complexity index is 585. The standard InChI is InChI=1S/C20H32Cl2N2O3/c1-15-5-6-18(24(10-8-21)11-9-22)14-16(15)13-17(7-12-25)23-19(26)27-20(2,3)4/h5-6,14,17,25H,7-13H2,1-4H3,(H,23,26)/t17-/m1/s1. The van der Waals surface area contributed by atoms with Crippen molar-refractivity contribution in [2.75, 3.05) is 36.4 Å². The van der Waals surface area contributed by atoms with Crippen molar-refractivity contribution in [3.8, 4) is 0 Å². The lowest BCUT2D eigenvalue weighted by Crippen LogP contribution is -2.40. The fourth-order valence-corrected chi connectivity index (χ4v) is 3.18. The van der Waals surface area contributed by atoms with Crippen molar-refractivity contribution >= 4 is 35.0 Å². The summed E-state index contributed by atoms with van der Waals surface area (Å²) in [5.41, 5.74) is 2.73. The Labute approximate surface area is 173 Å². The van der Waals surface area contributed by atoms with Gasteiger partial charge in [0.1, 0.15) is 5.60 Å². The van der Waals surface area contributed by atoms with Gasteiger partial charge in [-0.2, -0.15) is 0 Å². The second kappa shape index (κ2) is 11.6. The van der Waals surface area contributed by atoms with Crippen LogP contribution >= 0.6 is 23.2 Å². The number of nitrogens with one attached hydrogen (secondary N) is 1. The van der Waals surface area contributed by atoms with Crippen LogP contribution in [0, 0.1) is 6.92 Å². The Morgan fingerprint density at radius 2 is 1.89 bits per heavy atom. The van der Waals surface area contributed by atoms with E-state index in [4.69, 9.17) is 27.9 Å². The average molecular weight is 419 g/mol. The molecule has 27 heavy (non-hydrogen) atoms. The van der Waals surface area contributed by atoms with E-state index in [2.05, 4.69) is 28.4 Å². The monoisotopic (exact) mass is 418 g/mol. The number of carbonyl (C=O) groups is 1. The normalized spacial score (nSPS) is 12.6. The van der Waals surface area contributed by atoms with E-state index in [1.807, 2.05) is 27.7 Å². The third-order valence-corrected chi connectivity index (χ3v) is 4.41. The summed E-state index contributed by atoms with van der Waals surface area (Å²) in [6, 6.07) is 6.01. The largest absolute Gasteiger partial charge is 0.444 e. The molecule has 1 rings (SSSR count). The lowest BCUT2D eigenvalue weighted by molar-refractivity contribution is 0.0497. The first-order valence-electron chi connectivity index (χ1n) is 9.27. The van der Waals surface area contributed by atoms with Crippen molar-refractivity contribution in [1.29, 1.82) is 0 Å². The summed E-state index contributed by atoms with van der Waals surface area (Å²) in [6.07, 6.45) is 0.589. The molecule has 2 N–H and O–H groups in total. The van der Waals surface area contributed by atoms with Crippen LogP contribution < -0.4 is 10.2 Å². The Hall–Kier alpha value is -1.17. The van der Waals surface area contributed by atoms with Gasteiger partial charge in [0, 0.05) is 43.2 Å². The van der Waals surface area contributed by atoms with Crippen molar-refractivity contribution in [2.24, 2.45) is 0 Å². The highest BCUT2D eigenvalue weighted by Crippen LogP contribution is 2.22. The number of aliphatic hydroxyl groups is 1. The zero-order valence-corrected chi connectivity index (χ0v) is 18.2. The number of ether oxygens (including phenoxy) is 1. The quantitative estimate of drug-likeness (QED) is 0.561. The number of aryl methyl sites for hydroxylation is 1. The molecule has 1 aromatic rings. The SMILES string of the molecule is Cc1ccc(N(CCCl)CCCl)cc1C[C@@H](CCO)NC(=O)OC(C)(C)C. The summed E-state index contributed by atoms with van der Waals surface area (Å²) in [4.78, 5) is 14.3. The fourth-order valence-electron chi connectivity index (χ4n) is 2.77. The summed E-state index contributed by atoms with van der Waals surface area (Å²) in [6.45, 7) is 8.93. The van der Waals surface area contributed by atoms with Crippen LogP contribution in [0.4, 0.5) is 10.5 Å². The van der Waals surface area contributed by atoms with E-state index in [9.17, 15) is 9.90 Å². The lowest BCUT2D eigenvalue weighted by Gasteiger charge is -2.26. The number of halogens is 2. The van der Waals surface area contributed by atoms with Crippen LogP contribution in [0.2, 0.25) is 0 Å². The van der Waals surface area contributed by atoms with Gasteiger partial charge in [0.25, 0.3) is 0 Å². The van der Waals surface area contributed by atoms with E-state index in [0.717, 1.165) is 16.8 Å². The highest BCUT2D eigenvalue weighted by atomic mass is 35.5. The Morgan fingerprint density at radius 1 is 1.26 bits per heavy atom. The third-order valence-electron chi connectivity index (χ3n) is 4.07. The molecule has 154 valence electrons. The van der Waals surface area contributed by atoms with Gasteiger partial charge in [0.15, 0.2) is 0 Å². The van der Waals surface area contributed by atoms with Crippen molar-refractivity contribution in [1.82, 2.24) is 5.32 Å². The number of amides is 1. The van der Waals surface area contributed by atoms with Crippen LogP contribution in [0.25, 0.3) is 0 Å². The van der Waals surface area contributed by atoms with Gasteiger partial charge < -0.3 is 20.1 Å². The number of anilines is 1. The van der Waals surface area contributed by atoms with Gasteiger partial charge in [0.05, 0.1) is 0 Å².